The normalized spacial score (nSPS) is 36.4. The maximum Gasteiger partial charge on any atom is 0.162 e. The molecule has 2 saturated carbocycles. The average molecular weight is 236 g/mol. The highest BCUT2D eigenvalue weighted by Gasteiger charge is 2.46. The molecule has 3 heteroatoms. The standard InChI is InChI=1S/C14H20O3/c1-8(2)10-6-13(17)11(7-15)14-9(10)4-3-5-12(14)16/h7-10,14-15H,3-6H2,1-2H3/b11-7+/t9-,10-,14?/m1/s1. The lowest BCUT2D eigenvalue weighted by Gasteiger charge is -2.42. The summed E-state index contributed by atoms with van der Waals surface area (Å²) < 4.78 is 0. The molecule has 0 spiro atoms. The van der Waals surface area contributed by atoms with Crippen LogP contribution in [0.4, 0.5) is 0 Å². The Morgan fingerprint density at radius 3 is 2.65 bits per heavy atom. The summed E-state index contributed by atoms with van der Waals surface area (Å²) in [6.45, 7) is 4.23. The first kappa shape index (κ1) is 12.3. The molecule has 0 heterocycles. The first-order chi connectivity index (χ1) is 8.06. The predicted octanol–water partition coefficient (Wildman–Crippen LogP) is 2.66. The highest BCUT2D eigenvalue weighted by Crippen LogP contribution is 2.46. The zero-order valence-electron chi connectivity index (χ0n) is 10.5. The number of aliphatic hydroxyl groups excluding tert-OH is 1. The lowest BCUT2D eigenvalue weighted by molar-refractivity contribution is -0.133. The first-order valence-corrected chi connectivity index (χ1v) is 6.46. The molecule has 0 aromatic carbocycles. The molecule has 0 bridgehead atoms. The predicted molar refractivity (Wildman–Crippen MR) is 64.5 cm³/mol. The Morgan fingerprint density at radius 1 is 1.35 bits per heavy atom. The van der Waals surface area contributed by atoms with Crippen LogP contribution < -0.4 is 0 Å². The second-order valence-electron chi connectivity index (χ2n) is 5.62. The van der Waals surface area contributed by atoms with E-state index in [-0.39, 0.29) is 23.4 Å². The average Bonchev–Trinajstić information content (AvgIpc) is 2.29. The van der Waals surface area contributed by atoms with E-state index in [4.69, 9.17) is 0 Å². The van der Waals surface area contributed by atoms with Gasteiger partial charge in [0.25, 0.3) is 0 Å². The van der Waals surface area contributed by atoms with Crippen molar-refractivity contribution in [1.82, 2.24) is 0 Å². The molecule has 0 aliphatic heterocycles. The molecule has 0 aromatic rings. The number of Topliss-reactive ketones (excluding diaryl/α,β-unsaturated/α-hetero) is 2. The van der Waals surface area contributed by atoms with Crippen LogP contribution in [-0.2, 0) is 9.59 Å². The Morgan fingerprint density at radius 2 is 2.06 bits per heavy atom. The SMILES string of the molecule is CC(C)[C@H]1CC(=O)/C(=C\O)C2C(=O)CCC[C@@H]21. The van der Waals surface area contributed by atoms with Gasteiger partial charge in [-0.1, -0.05) is 13.8 Å². The Kier molecular flexibility index (Phi) is 3.36. The summed E-state index contributed by atoms with van der Waals surface area (Å²) in [5.41, 5.74) is 0.358. The van der Waals surface area contributed by atoms with Crippen molar-refractivity contribution in [3.05, 3.63) is 11.8 Å². The van der Waals surface area contributed by atoms with Gasteiger partial charge in [0, 0.05) is 18.4 Å². The Labute approximate surface area is 102 Å². The second-order valence-corrected chi connectivity index (χ2v) is 5.62. The summed E-state index contributed by atoms with van der Waals surface area (Å²) in [6.07, 6.45) is 3.84. The summed E-state index contributed by atoms with van der Waals surface area (Å²) >= 11 is 0. The largest absolute Gasteiger partial charge is 0.515 e. The van der Waals surface area contributed by atoms with E-state index in [1.165, 1.54) is 0 Å². The number of ketones is 2. The fourth-order valence-corrected chi connectivity index (χ4v) is 3.48. The van der Waals surface area contributed by atoms with Crippen molar-refractivity contribution >= 4 is 11.6 Å². The highest BCUT2D eigenvalue weighted by molar-refractivity contribution is 6.03. The summed E-state index contributed by atoms with van der Waals surface area (Å²) in [5, 5.41) is 9.21. The van der Waals surface area contributed by atoms with Crippen molar-refractivity contribution in [2.45, 2.75) is 39.5 Å². The molecule has 0 amide bonds. The van der Waals surface area contributed by atoms with Gasteiger partial charge in [0.2, 0.25) is 0 Å². The summed E-state index contributed by atoms with van der Waals surface area (Å²) in [7, 11) is 0. The smallest absolute Gasteiger partial charge is 0.162 e. The van der Waals surface area contributed by atoms with Gasteiger partial charge in [-0.2, -0.15) is 0 Å². The third-order valence-corrected chi connectivity index (χ3v) is 4.36. The molecular formula is C14H20O3. The van der Waals surface area contributed by atoms with E-state index in [1.807, 2.05) is 0 Å². The molecule has 2 aliphatic rings. The van der Waals surface area contributed by atoms with Crippen LogP contribution in [0.15, 0.2) is 11.8 Å². The van der Waals surface area contributed by atoms with Crippen LogP contribution in [0.5, 0.6) is 0 Å². The van der Waals surface area contributed by atoms with Gasteiger partial charge in [-0.15, -0.1) is 0 Å². The maximum absolute atomic E-state index is 12.0. The van der Waals surface area contributed by atoms with Gasteiger partial charge in [-0.3, -0.25) is 9.59 Å². The molecule has 3 nitrogen and oxygen atoms in total. The van der Waals surface area contributed by atoms with Crippen molar-refractivity contribution in [3.8, 4) is 0 Å². The summed E-state index contributed by atoms with van der Waals surface area (Å²) in [5.74, 6) is 0.732. The number of hydrogen-bond acceptors (Lipinski definition) is 3. The molecule has 17 heavy (non-hydrogen) atoms. The Bertz CT molecular complexity index is 368. The molecule has 94 valence electrons. The molecule has 0 saturated heterocycles. The zero-order valence-corrected chi connectivity index (χ0v) is 10.5. The van der Waals surface area contributed by atoms with Crippen molar-refractivity contribution in [2.24, 2.45) is 23.7 Å². The van der Waals surface area contributed by atoms with E-state index in [2.05, 4.69) is 13.8 Å². The van der Waals surface area contributed by atoms with Gasteiger partial charge in [0.1, 0.15) is 5.78 Å². The van der Waals surface area contributed by atoms with Gasteiger partial charge < -0.3 is 5.11 Å². The monoisotopic (exact) mass is 236 g/mol. The number of carbonyl (C=O) groups excluding carboxylic acids is 2. The van der Waals surface area contributed by atoms with Crippen LogP contribution in [0.25, 0.3) is 0 Å². The van der Waals surface area contributed by atoms with Gasteiger partial charge in [-0.25, -0.2) is 0 Å². The molecular weight excluding hydrogens is 216 g/mol. The van der Waals surface area contributed by atoms with Crippen LogP contribution in [0.2, 0.25) is 0 Å². The van der Waals surface area contributed by atoms with Gasteiger partial charge in [0.15, 0.2) is 5.78 Å². The van der Waals surface area contributed by atoms with Gasteiger partial charge in [0.05, 0.1) is 12.2 Å². The molecule has 3 atom stereocenters. The van der Waals surface area contributed by atoms with Crippen LogP contribution in [0, 0.1) is 23.7 Å². The van der Waals surface area contributed by atoms with E-state index in [1.54, 1.807) is 0 Å². The maximum atomic E-state index is 12.0. The lowest BCUT2D eigenvalue weighted by atomic mass is 9.60. The van der Waals surface area contributed by atoms with Crippen molar-refractivity contribution in [1.29, 1.82) is 0 Å². The number of hydrogen-bond donors (Lipinski definition) is 1. The number of aliphatic hydroxyl groups is 1. The Balaban J connectivity index is 2.36. The van der Waals surface area contributed by atoms with Crippen LogP contribution in [-0.4, -0.2) is 16.7 Å². The van der Waals surface area contributed by atoms with E-state index in [9.17, 15) is 14.7 Å². The summed E-state index contributed by atoms with van der Waals surface area (Å²) in [4.78, 5) is 24.0. The van der Waals surface area contributed by atoms with E-state index >= 15 is 0 Å². The molecule has 2 fully saturated rings. The minimum absolute atomic E-state index is 0.0392. The number of fused-ring (bicyclic) bond motifs is 1. The molecule has 0 aromatic heterocycles. The van der Waals surface area contributed by atoms with Gasteiger partial charge in [-0.05, 0) is 30.6 Å². The highest BCUT2D eigenvalue weighted by atomic mass is 16.2. The third kappa shape index (κ3) is 2.03. The van der Waals surface area contributed by atoms with E-state index in [0.29, 0.717) is 30.3 Å². The lowest BCUT2D eigenvalue weighted by Crippen LogP contribution is -2.43. The van der Waals surface area contributed by atoms with Crippen molar-refractivity contribution < 1.29 is 14.7 Å². The fraction of sp³-hybridized carbons (Fsp3) is 0.714. The van der Waals surface area contributed by atoms with E-state index in [0.717, 1.165) is 19.1 Å². The van der Waals surface area contributed by atoms with E-state index < -0.39 is 0 Å². The minimum Gasteiger partial charge on any atom is -0.515 e. The fourth-order valence-electron chi connectivity index (χ4n) is 3.48. The quantitative estimate of drug-likeness (QED) is 0.562. The van der Waals surface area contributed by atoms with Crippen molar-refractivity contribution in [2.75, 3.05) is 0 Å². The topological polar surface area (TPSA) is 54.4 Å². The number of carbonyl (C=O) groups is 2. The number of allylic oxidation sites excluding steroid dienone is 1. The second kappa shape index (κ2) is 4.63. The molecule has 1 unspecified atom stereocenters. The third-order valence-electron chi connectivity index (χ3n) is 4.36. The van der Waals surface area contributed by atoms with Gasteiger partial charge >= 0.3 is 0 Å². The first-order valence-electron chi connectivity index (χ1n) is 6.46. The molecule has 1 N–H and O–H groups in total. The number of rotatable bonds is 1. The molecule has 2 aliphatic carbocycles. The summed E-state index contributed by atoms with van der Waals surface area (Å²) in [6, 6.07) is 0. The Hall–Kier alpha value is -1.12. The molecule has 2 rings (SSSR count). The van der Waals surface area contributed by atoms with Crippen molar-refractivity contribution in [3.63, 3.8) is 0 Å². The minimum atomic E-state index is -0.331. The van der Waals surface area contributed by atoms with Crippen LogP contribution in [0.3, 0.4) is 0 Å². The van der Waals surface area contributed by atoms with Crippen LogP contribution >= 0.6 is 0 Å². The molecule has 0 radical (unpaired) electrons. The van der Waals surface area contributed by atoms with Crippen LogP contribution in [0.1, 0.15) is 39.5 Å². The zero-order chi connectivity index (χ0) is 12.6.